The molecule has 2 heteroatoms. The van der Waals surface area contributed by atoms with Gasteiger partial charge in [0, 0.05) is 19.7 Å². The molecular formula is C23H46F2. The van der Waals surface area contributed by atoms with Crippen LogP contribution in [0.25, 0.3) is 0 Å². The fourth-order valence-electron chi connectivity index (χ4n) is 3.05. The van der Waals surface area contributed by atoms with Gasteiger partial charge in [-0.2, -0.15) is 0 Å². The first-order valence-electron chi connectivity index (χ1n) is 13.0. The summed E-state index contributed by atoms with van der Waals surface area (Å²) in [7, 11) is 0. The molecule has 0 nitrogen and oxygen atoms in total. The Bertz CT molecular complexity index is 428. The summed E-state index contributed by atoms with van der Waals surface area (Å²) in [6, 6.07) is 0. The van der Waals surface area contributed by atoms with E-state index in [0.717, 1.165) is 44.9 Å². The van der Waals surface area contributed by atoms with Crippen LogP contribution < -0.4 is 0 Å². The lowest BCUT2D eigenvalue weighted by Gasteiger charge is -2.23. The summed E-state index contributed by atoms with van der Waals surface area (Å²) >= 11 is 0. The van der Waals surface area contributed by atoms with Gasteiger partial charge in [0.1, 0.15) is 0 Å². The van der Waals surface area contributed by atoms with Crippen molar-refractivity contribution in [3.05, 3.63) is 0 Å². The second kappa shape index (κ2) is 15.0. The Hall–Kier alpha value is -0.140. The molecule has 0 amide bonds. The number of hydrogen-bond donors (Lipinski definition) is 0. The van der Waals surface area contributed by atoms with Crippen LogP contribution >= 0.6 is 0 Å². The van der Waals surface area contributed by atoms with Crippen molar-refractivity contribution >= 4 is 0 Å². The van der Waals surface area contributed by atoms with Gasteiger partial charge in [-0.15, -0.1) is 0 Å². The van der Waals surface area contributed by atoms with E-state index in [9.17, 15) is 8.78 Å². The highest BCUT2D eigenvalue weighted by Crippen LogP contribution is 2.32. The van der Waals surface area contributed by atoms with Crippen molar-refractivity contribution in [2.24, 2.45) is 5.41 Å². The van der Waals surface area contributed by atoms with Crippen molar-refractivity contribution in [3.63, 3.8) is 0 Å². The van der Waals surface area contributed by atoms with Gasteiger partial charge >= 0.3 is 0 Å². The van der Waals surface area contributed by atoms with Gasteiger partial charge < -0.3 is 0 Å². The third-order valence-corrected chi connectivity index (χ3v) is 4.84. The van der Waals surface area contributed by atoms with Crippen LogP contribution in [0, 0.1) is 5.41 Å². The van der Waals surface area contributed by atoms with E-state index in [4.69, 9.17) is 6.85 Å². The molecule has 0 atom stereocenters. The molecule has 0 aromatic rings. The van der Waals surface area contributed by atoms with Gasteiger partial charge in [-0.3, -0.25) is 0 Å². The zero-order valence-corrected chi connectivity index (χ0v) is 17.1. The Labute approximate surface area is 164 Å². The Morgan fingerprint density at radius 3 is 1.40 bits per heavy atom. The van der Waals surface area contributed by atoms with Gasteiger partial charge in [0.2, 0.25) is 5.92 Å². The molecule has 0 unspecified atom stereocenters. The predicted molar refractivity (Wildman–Crippen MR) is 109 cm³/mol. The first kappa shape index (κ1) is 17.0. The van der Waals surface area contributed by atoms with Crippen molar-refractivity contribution in [1.29, 1.82) is 0 Å². The standard InChI is InChI=1S/C23H46F2/c1-5-6-7-8-9-10-11-12-13-14-15-16-17-18-19-23(24,25)21-20-22(2,3)4/h5-21H2,1-4H3/i1D3,5D2. The molecule has 0 N–H and O–H groups in total. The van der Waals surface area contributed by atoms with Gasteiger partial charge in [0.25, 0.3) is 0 Å². The molecule has 0 saturated heterocycles. The van der Waals surface area contributed by atoms with Gasteiger partial charge in [-0.05, 0) is 18.3 Å². The van der Waals surface area contributed by atoms with E-state index in [-0.39, 0.29) is 24.7 Å². The average molecular weight is 366 g/mol. The molecule has 0 bridgehead atoms. The van der Waals surface area contributed by atoms with Gasteiger partial charge in [0.05, 0.1) is 0 Å². The van der Waals surface area contributed by atoms with Gasteiger partial charge in [-0.25, -0.2) is 8.78 Å². The highest BCUT2D eigenvalue weighted by Gasteiger charge is 2.29. The van der Waals surface area contributed by atoms with Crippen LogP contribution in [-0.2, 0) is 0 Å². The number of rotatable bonds is 17. The van der Waals surface area contributed by atoms with Crippen LogP contribution in [-0.4, -0.2) is 5.92 Å². The third kappa shape index (κ3) is 20.0. The van der Waals surface area contributed by atoms with Crippen LogP contribution in [0.5, 0.6) is 0 Å². The number of alkyl halides is 2. The summed E-state index contributed by atoms with van der Waals surface area (Å²) in [5, 5.41) is 0. The lowest BCUT2D eigenvalue weighted by atomic mass is 9.88. The molecule has 0 aliphatic rings. The molecular weight excluding hydrogens is 314 g/mol. The van der Waals surface area contributed by atoms with E-state index in [1.54, 1.807) is 0 Å². The highest BCUT2D eigenvalue weighted by molar-refractivity contribution is 4.71. The lowest BCUT2D eigenvalue weighted by molar-refractivity contribution is -0.0272. The van der Waals surface area contributed by atoms with E-state index in [0.29, 0.717) is 19.3 Å². The number of halogens is 2. The van der Waals surface area contributed by atoms with E-state index >= 15 is 0 Å². The first-order chi connectivity index (χ1) is 13.7. The Morgan fingerprint density at radius 2 is 1.00 bits per heavy atom. The second-order valence-electron chi connectivity index (χ2n) is 8.84. The Balaban J connectivity index is 3.45. The van der Waals surface area contributed by atoms with Crippen molar-refractivity contribution in [2.75, 3.05) is 0 Å². The molecule has 0 radical (unpaired) electrons. The summed E-state index contributed by atoms with van der Waals surface area (Å²) in [6.07, 6.45) is 10.6. The summed E-state index contributed by atoms with van der Waals surface area (Å²) in [6.45, 7) is 3.49. The topological polar surface area (TPSA) is 0 Å². The molecule has 0 aliphatic heterocycles. The van der Waals surface area contributed by atoms with Crippen LogP contribution in [0.15, 0.2) is 0 Å². The molecule has 0 saturated carbocycles. The SMILES string of the molecule is [2H]C([2H])([2H])C([2H])([2H])CCCCCCCCCCCCCCC(F)(F)CCC(C)(C)C. The Kier molecular flexibility index (Phi) is 10.2. The third-order valence-electron chi connectivity index (χ3n) is 4.84. The molecule has 25 heavy (non-hydrogen) atoms. The zero-order chi connectivity index (χ0) is 23.3. The van der Waals surface area contributed by atoms with E-state index in [1.165, 1.54) is 19.3 Å². The van der Waals surface area contributed by atoms with Crippen molar-refractivity contribution in [3.8, 4) is 0 Å². The molecule has 0 rings (SSSR count). The maximum Gasteiger partial charge on any atom is 0.248 e. The highest BCUT2D eigenvalue weighted by atomic mass is 19.3. The van der Waals surface area contributed by atoms with Crippen molar-refractivity contribution < 1.29 is 15.6 Å². The molecule has 0 aliphatic carbocycles. The maximum absolute atomic E-state index is 13.8. The molecule has 0 heterocycles. The van der Waals surface area contributed by atoms with Gasteiger partial charge in [0.15, 0.2) is 0 Å². The number of hydrogen-bond acceptors (Lipinski definition) is 0. The first-order valence-corrected chi connectivity index (χ1v) is 10.5. The minimum atomic E-state index is -2.53. The maximum atomic E-state index is 13.8. The fraction of sp³-hybridized carbons (Fsp3) is 1.00. The molecule has 152 valence electrons. The summed E-state index contributed by atoms with van der Waals surface area (Å²) in [5.41, 5.74) is -0.0289. The van der Waals surface area contributed by atoms with E-state index in [1.807, 2.05) is 20.8 Å². The monoisotopic (exact) mass is 365 g/mol. The minimum Gasteiger partial charge on any atom is -0.207 e. The largest absolute Gasteiger partial charge is 0.248 e. The lowest BCUT2D eigenvalue weighted by Crippen LogP contribution is -2.19. The average Bonchev–Trinajstić information content (AvgIpc) is 2.59. The molecule has 0 aromatic heterocycles. The summed E-state index contributed by atoms with van der Waals surface area (Å²) in [4.78, 5) is 0. The van der Waals surface area contributed by atoms with Gasteiger partial charge in [-0.1, -0.05) is 111 Å². The fourth-order valence-corrected chi connectivity index (χ4v) is 3.05. The summed E-state index contributed by atoms with van der Waals surface area (Å²) < 4.78 is 64.4. The van der Waals surface area contributed by atoms with Crippen LogP contribution in [0.4, 0.5) is 8.78 Å². The van der Waals surface area contributed by atoms with E-state index < -0.39 is 19.1 Å². The second-order valence-corrected chi connectivity index (χ2v) is 8.84. The summed E-state index contributed by atoms with van der Waals surface area (Å²) in [5.74, 6) is -2.51. The van der Waals surface area contributed by atoms with Crippen LogP contribution in [0.2, 0.25) is 0 Å². The zero-order valence-electron chi connectivity index (χ0n) is 22.1. The molecule has 0 aromatic carbocycles. The van der Waals surface area contributed by atoms with Crippen LogP contribution in [0.1, 0.15) is 144 Å². The molecule has 0 spiro atoms. The smallest absolute Gasteiger partial charge is 0.207 e. The quantitative estimate of drug-likeness (QED) is 0.225. The molecule has 0 fully saturated rings. The van der Waals surface area contributed by atoms with Crippen molar-refractivity contribution in [2.45, 2.75) is 143 Å². The predicted octanol–water partition coefficient (Wildman–Crippen LogP) is 9.32. The van der Waals surface area contributed by atoms with Crippen LogP contribution in [0.3, 0.4) is 0 Å². The normalized spacial score (nSPS) is 16.8. The van der Waals surface area contributed by atoms with Crippen molar-refractivity contribution in [1.82, 2.24) is 0 Å². The number of unbranched alkanes of at least 4 members (excludes halogenated alkanes) is 11. The van der Waals surface area contributed by atoms with E-state index in [2.05, 4.69) is 0 Å². The minimum absolute atomic E-state index is 0.00303. The Morgan fingerprint density at radius 1 is 0.600 bits per heavy atom.